The number of nitrogens with one attached hydrogen (secondary N) is 1. The Bertz CT molecular complexity index is 266. The van der Waals surface area contributed by atoms with Gasteiger partial charge in [-0.15, -0.1) is 11.6 Å². The summed E-state index contributed by atoms with van der Waals surface area (Å²) in [6.45, 7) is 3.11. The summed E-state index contributed by atoms with van der Waals surface area (Å²) in [5.74, 6) is 0.567. The standard InChI is InChI=1S/C11H15ClINO/c12-5-7-15-8-6-14-9-10-1-3-11(13)4-2-10/h1-4,14H,5-9H2. The molecule has 2 nitrogen and oxygen atoms in total. The Hall–Kier alpha value is 0.160. The Kier molecular flexibility index (Phi) is 7.34. The van der Waals surface area contributed by atoms with E-state index >= 15 is 0 Å². The number of hydrogen-bond acceptors (Lipinski definition) is 2. The maximum atomic E-state index is 5.48. The van der Waals surface area contributed by atoms with Gasteiger partial charge >= 0.3 is 0 Å². The Balaban J connectivity index is 2.07. The quantitative estimate of drug-likeness (QED) is 0.468. The summed E-state index contributed by atoms with van der Waals surface area (Å²) in [7, 11) is 0. The van der Waals surface area contributed by atoms with Gasteiger partial charge in [-0.2, -0.15) is 0 Å². The van der Waals surface area contributed by atoms with E-state index in [0.29, 0.717) is 12.5 Å². The van der Waals surface area contributed by atoms with Gasteiger partial charge in [-0.05, 0) is 40.3 Å². The molecule has 0 bridgehead atoms. The Morgan fingerprint density at radius 1 is 1.20 bits per heavy atom. The van der Waals surface area contributed by atoms with E-state index in [9.17, 15) is 0 Å². The topological polar surface area (TPSA) is 21.3 Å². The molecule has 15 heavy (non-hydrogen) atoms. The van der Waals surface area contributed by atoms with Crippen LogP contribution < -0.4 is 5.32 Å². The fraction of sp³-hybridized carbons (Fsp3) is 0.455. The predicted molar refractivity (Wildman–Crippen MR) is 72.4 cm³/mol. The van der Waals surface area contributed by atoms with E-state index in [1.165, 1.54) is 9.13 Å². The van der Waals surface area contributed by atoms with E-state index < -0.39 is 0 Å². The molecule has 1 rings (SSSR count). The summed E-state index contributed by atoms with van der Waals surface area (Å²) in [5, 5.41) is 3.31. The van der Waals surface area contributed by atoms with Crippen LogP contribution in [0.25, 0.3) is 0 Å². The first-order valence-electron chi connectivity index (χ1n) is 4.92. The SMILES string of the molecule is ClCCOCCNCc1ccc(I)cc1. The molecule has 1 aromatic carbocycles. The van der Waals surface area contributed by atoms with Gasteiger partial charge in [0.15, 0.2) is 0 Å². The fourth-order valence-corrected chi connectivity index (χ4v) is 1.60. The zero-order valence-electron chi connectivity index (χ0n) is 8.51. The number of alkyl halides is 1. The molecule has 0 amide bonds. The first-order chi connectivity index (χ1) is 7.33. The third-order valence-electron chi connectivity index (χ3n) is 1.89. The molecule has 0 unspecified atom stereocenters. The number of halogens is 2. The van der Waals surface area contributed by atoms with Gasteiger partial charge < -0.3 is 10.1 Å². The minimum Gasteiger partial charge on any atom is -0.379 e. The van der Waals surface area contributed by atoms with Crippen molar-refractivity contribution in [2.75, 3.05) is 25.6 Å². The first kappa shape index (κ1) is 13.2. The number of hydrogen-bond donors (Lipinski definition) is 1. The summed E-state index contributed by atoms with van der Waals surface area (Å²) in [6, 6.07) is 8.49. The van der Waals surface area contributed by atoms with Crippen molar-refractivity contribution in [3.8, 4) is 0 Å². The minimum absolute atomic E-state index is 0.567. The van der Waals surface area contributed by atoms with Crippen molar-refractivity contribution in [3.63, 3.8) is 0 Å². The van der Waals surface area contributed by atoms with Crippen molar-refractivity contribution in [2.24, 2.45) is 0 Å². The summed E-state index contributed by atoms with van der Waals surface area (Å²) in [6.07, 6.45) is 0. The van der Waals surface area contributed by atoms with Crippen molar-refractivity contribution in [3.05, 3.63) is 33.4 Å². The summed E-state index contributed by atoms with van der Waals surface area (Å²) < 4.78 is 6.51. The van der Waals surface area contributed by atoms with Gasteiger partial charge in [0, 0.05) is 22.5 Å². The zero-order valence-corrected chi connectivity index (χ0v) is 11.4. The van der Waals surface area contributed by atoms with Crippen LogP contribution in [0.3, 0.4) is 0 Å². The first-order valence-corrected chi connectivity index (χ1v) is 6.53. The van der Waals surface area contributed by atoms with Gasteiger partial charge in [-0.25, -0.2) is 0 Å². The number of benzene rings is 1. The lowest BCUT2D eigenvalue weighted by atomic mass is 10.2. The van der Waals surface area contributed by atoms with Crippen LogP contribution in [0.4, 0.5) is 0 Å². The molecule has 0 spiro atoms. The Morgan fingerprint density at radius 3 is 2.60 bits per heavy atom. The second-order valence-electron chi connectivity index (χ2n) is 3.10. The normalized spacial score (nSPS) is 10.5. The number of ether oxygens (including phenoxy) is 1. The molecule has 0 aromatic heterocycles. The predicted octanol–water partition coefficient (Wildman–Crippen LogP) is 2.64. The van der Waals surface area contributed by atoms with Crippen LogP contribution in [0, 0.1) is 3.57 Å². The van der Waals surface area contributed by atoms with Crippen LogP contribution in [0.1, 0.15) is 5.56 Å². The summed E-state index contributed by atoms with van der Waals surface area (Å²) >= 11 is 7.78. The lowest BCUT2D eigenvalue weighted by Crippen LogP contribution is -2.19. The maximum absolute atomic E-state index is 5.48. The van der Waals surface area contributed by atoms with Crippen LogP contribution in [0.5, 0.6) is 0 Å². The molecule has 0 aliphatic rings. The Morgan fingerprint density at radius 2 is 1.93 bits per heavy atom. The molecular formula is C11H15ClINO. The smallest absolute Gasteiger partial charge is 0.0602 e. The molecule has 0 saturated heterocycles. The second kappa shape index (κ2) is 8.33. The van der Waals surface area contributed by atoms with Crippen LogP contribution in [0.15, 0.2) is 24.3 Å². The highest BCUT2D eigenvalue weighted by molar-refractivity contribution is 14.1. The van der Waals surface area contributed by atoms with Crippen LogP contribution in [-0.2, 0) is 11.3 Å². The number of rotatable bonds is 7. The average Bonchev–Trinajstić information content (AvgIpc) is 2.26. The van der Waals surface area contributed by atoms with Gasteiger partial charge in [-0.3, -0.25) is 0 Å². The van der Waals surface area contributed by atoms with E-state index in [0.717, 1.165) is 19.7 Å². The minimum atomic E-state index is 0.567. The van der Waals surface area contributed by atoms with Gasteiger partial charge in [0.2, 0.25) is 0 Å². The van der Waals surface area contributed by atoms with Gasteiger partial charge in [0.25, 0.3) is 0 Å². The molecule has 1 aromatic rings. The molecular weight excluding hydrogens is 324 g/mol. The molecule has 0 aliphatic carbocycles. The zero-order chi connectivity index (χ0) is 10.9. The van der Waals surface area contributed by atoms with Crippen LogP contribution in [-0.4, -0.2) is 25.6 Å². The van der Waals surface area contributed by atoms with E-state index in [4.69, 9.17) is 16.3 Å². The fourth-order valence-electron chi connectivity index (χ4n) is 1.14. The molecule has 0 heterocycles. The molecule has 0 fully saturated rings. The van der Waals surface area contributed by atoms with E-state index in [2.05, 4.69) is 52.2 Å². The average molecular weight is 340 g/mol. The molecule has 0 saturated carbocycles. The summed E-state index contributed by atoms with van der Waals surface area (Å²) in [5.41, 5.74) is 1.30. The van der Waals surface area contributed by atoms with E-state index in [1.54, 1.807) is 0 Å². The highest BCUT2D eigenvalue weighted by atomic mass is 127. The van der Waals surface area contributed by atoms with E-state index in [1.807, 2.05) is 0 Å². The van der Waals surface area contributed by atoms with Gasteiger partial charge in [-0.1, -0.05) is 12.1 Å². The van der Waals surface area contributed by atoms with Crippen molar-refractivity contribution in [1.29, 1.82) is 0 Å². The second-order valence-corrected chi connectivity index (χ2v) is 4.73. The van der Waals surface area contributed by atoms with Crippen molar-refractivity contribution in [2.45, 2.75) is 6.54 Å². The third kappa shape index (κ3) is 6.35. The molecule has 0 radical (unpaired) electrons. The molecule has 84 valence electrons. The maximum Gasteiger partial charge on any atom is 0.0602 e. The lowest BCUT2D eigenvalue weighted by molar-refractivity contribution is 0.151. The van der Waals surface area contributed by atoms with Gasteiger partial charge in [0.05, 0.1) is 13.2 Å². The highest BCUT2D eigenvalue weighted by Gasteiger charge is 1.92. The molecule has 0 atom stereocenters. The lowest BCUT2D eigenvalue weighted by Gasteiger charge is -2.05. The monoisotopic (exact) mass is 339 g/mol. The Labute approximate surface area is 109 Å². The van der Waals surface area contributed by atoms with Crippen molar-refractivity contribution < 1.29 is 4.74 Å². The highest BCUT2D eigenvalue weighted by Crippen LogP contribution is 2.06. The third-order valence-corrected chi connectivity index (χ3v) is 2.76. The molecule has 1 N–H and O–H groups in total. The molecule has 0 aliphatic heterocycles. The largest absolute Gasteiger partial charge is 0.379 e. The van der Waals surface area contributed by atoms with Gasteiger partial charge in [0.1, 0.15) is 0 Å². The van der Waals surface area contributed by atoms with Crippen LogP contribution >= 0.6 is 34.2 Å². The van der Waals surface area contributed by atoms with Crippen LogP contribution in [0.2, 0.25) is 0 Å². The van der Waals surface area contributed by atoms with Crippen molar-refractivity contribution in [1.82, 2.24) is 5.32 Å². The molecule has 4 heteroatoms. The van der Waals surface area contributed by atoms with Crippen molar-refractivity contribution >= 4 is 34.2 Å². The summed E-state index contributed by atoms with van der Waals surface area (Å²) in [4.78, 5) is 0. The van der Waals surface area contributed by atoms with E-state index in [-0.39, 0.29) is 0 Å².